The quantitative estimate of drug-likeness (QED) is 0.711. The van der Waals surface area contributed by atoms with Crippen molar-refractivity contribution < 1.29 is 8.42 Å². The number of halogens is 1. The standard InChI is InChI=1S/C16H24ClNO2S/c1-12(2)8-9-18(15-6-7-15)21(19,20)16-10-14(11-17)5-4-13(16)3/h4-5,10,12,15H,6-9,11H2,1-3H3. The van der Waals surface area contributed by atoms with Crippen LogP contribution in [0.5, 0.6) is 0 Å². The Morgan fingerprint density at radius 3 is 2.52 bits per heavy atom. The van der Waals surface area contributed by atoms with Crippen molar-refractivity contribution in [3.05, 3.63) is 29.3 Å². The van der Waals surface area contributed by atoms with Gasteiger partial charge < -0.3 is 0 Å². The Labute approximate surface area is 133 Å². The summed E-state index contributed by atoms with van der Waals surface area (Å²) in [6.07, 6.45) is 2.85. The van der Waals surface area contributed by atoms with Gasteiger partial charge in [-0.1, -0.05) is 26.0 Å². The van der Waals surface area contributed by atoms with Gasteiger partial charge in [-0.05, 0) is 49.3 Å². The Kier molecular flexibility index (Phi) is 5.33. The summed E-state index contributed by atoms with van der Waals surface area (Å²) in [5.74, 6) is 0.829. The van der Waals surface area contributed by atoms with Crippen molar-refractivity contribution in [1.82, 2.24) is 4.31 Å². The van der Waals surface area contributed by atoms with Gasteiger partial charge in [0.1, 0.15) is 0 Å². The molecule has 0 saturated heterocycles. The van der Waals surface area contributed by atoms with E-state index in [0.29, 0.717) is 23.2 Å². The van der Waals surface area contributed by atoms with Crippen LogP contribution in [0.2, 0.25) is 0 Å². The Morgan fingerprint density at radius 1 is 1.33 bits per heavy atom. The molecule has 0 unspecified atom stereocenters. The Hall–Kier alpha value is -0.580. The van der Waals surface area contributed by atoms with Crippen LogP contribution in [0, 0.1) is 12.8 Å². The molecule has 1 aliphatic carbocycles. The minimum absolute atomic E-state index is 0.188. The van der Waals surface area contributed by atoms with E-state index >= 15 is 0 Å². The van der Waals surface area contributed by atoms with Crippen LogP contribution in [0.15, 0.2) is 23.1 Å². The lowest BCUT2D eigenvalue weighted by Gasteiger charge is -2.24. The number of sulfonamides is 1. The normalized spacial score (nSPS) is 15.9. The monoisotopic (exact) mass is 329 g/mol. The molecule has 0 atom stereocenters. The molecule has 0 radical (unpaired) electrons. The number of alkyl halides is 1. The van der Waals surface area contributed by atoms with Crippen molar-refractivity contribution in [2.45, 2.75) is 56.9 Å². The second-order valence-electron chi connectivity index (χ2n) is 6.26. The lowest BCUT2D eigenvalue weighted by atomic mass is 10.1. The molecule has 0 spiro atoms. The van der Waals surface area contributed by atoms with Gasteiger partial charge in [0, 0.05) is 18.5 Å². The van der Waals surface area contributed by atoms with E-state index in [2.05, 4.69) is 13.8 Å². The summed E-state index contributed by atoms with van der Waals surface area (Å²) in [6, 6.07) is 5.64. The SMILES string of the molecule is Cc1ccc(CCl)cc1S(=O)(=O)N(CCC(C)C)C1CC1. The van der Waals surface area contributed by atoms with Crippen molar-refractivity contribution >= 4 is 21.6 Å². The number of hydrogen-bond acceptors (Lipinski definition) is 2. The van der Waals surface area contributed by atoms with Gasteiger partial charge in [0.15, 0.2) is 0 Å². The molecule has 21 heavy (non-hydrogen) atoms. The lowest BCUT2D eigenvalue weighted by Crippen LogP contribution is -2.35. The molecule has 0 bridgehead atoms. The first-order valence-electron chi connectivity index (χ1n) is 7.53. The second kappa shape index (κ2) is 6.67. The molecule has 118 valence electrons. The van der Waals surface area contributed by atoms with Crippen molar-refractivity contribution in [1.29, 1.82) is 0 Å². The van der Waals surface area contributed by atoms with Gasteiger partial charge in [-0.2, -0.15) is 4.31 Å². The predicted molar refractivity (Wildman–Crippen MR) is 87.1 cm³/mol. The highest BCUT2D eigenvalue weighted by Gasteiger charge is 2.38. The average molecular weight is 330 g/mol. The van der Waals surface area contributed by atoms with E-state index < -0.39 is 10.0 Å². The van der Waals surface area contributed by atoms with Gasteiger partial charge in [0.25, 0.3) is 0 Å². The first kappa shape index (κ1) is 16.8. The molecule has 0 amide bonds. The molecule has 0 heterocycles. The molecule has 1 fully saturated rings. The first-order valence-corrected chi connectivity index (χ1v) is 9.51. The van der Waals surface area contributed by atoms with Crippen LogP contribution in [0.4, 0.5) is 0 Å². The maximum atomic E-state index is 13.0. The van der Waals surface area contributed by atoms with Crippen molar-refractivity contribution in [2.24, 2.45) is 5.92 Å². The largest absolute Gasteiger partial charge is 0.243 e. The van der Waals surface area contributed by atoms with Gasteiger partial charge in [0.2, 0.25) is 10.0 Å². The van der Waals surface area contributed by atoms with Gasteiger partial charge in [-0.15, -0.1) is 11.6 Å². The summed E-state index contributed by atoms with van der Waals surface area (Å²) in [4.78, 5) is 0.413. The minimum Gasteiger partial charge on any atom is -0.207 e. The van der Waals surface area contributed by atoms with E-state index in [1.54, 1.807) is 10.4 Å². The summed E-state index contributed by atoms with van der Waals surface area (Å²) >= 11 is 5.85. The van der Waals surface area contributed by atoms with Crippen molar-refractivity contribution in [2.75, 3.05) is 6.54 Å². The predicted octanol–water partition coefficient (Wildman–Crippen LogP) is 3.93. The number of hydrogen-bond donors (Lipinski definition) is 0. The molecule has 3 nitrogen and oxygen atoms in total. The molecule has 1 aliphatic rings. The highest BCUT2D eigenvalue weighted by molar-refractivity contribution is 7.89. The summed E-state index contributed by atoms with van der Waals surface area (Å²) in [5.41, 5.74) is 1.64. The molecular formula is C16H24ClNO2S. The van der Waals surface area contributed by atoms with Crippen LogP contribution in [-0.2, 0) is 15.9 Å². The zero-order valence-electron chi connectivity index (χ0n) is 13.0. The second-order valence-corrected chi connectivity index (χ2v) is 8.39. The lowest BCUT2D eigenvalue weighted by molar-refractivity contribution is 0.373. The molecule has 0 aromatic heterocycles. The Balaban J connectivity index is 2.34. The van der Waals surface area contributed by atoms with Crippen molar-refractivity contribution in [3.8, 4) is 0 Å². The van der Waals surface area contributed by atoms with E-state index in [-0.39, 0.29) is 6.04 Å². The van der Waals surface area contributed by atoms with Crippen LogP contribution in [-0.4, -0.2) is 25.3 Å². The zero-order valence-corrected chi connectivity index (χ0v) is 14.5. The van der Waals surface area contributed by atoms with E-state index in [4.69, 9.17) is 11.6 Å². The summed E-state index contributed by atoms with van der Waals surface area (Å²) in [5, 5.41) is 0. The van der Waals surface area contributed by atoms with E-state index in [9.17, 15) is 8.42 Å². The van der Waals surface area contributed by atoms with E-state index in [1.165, 1.54) is 0 Å². The van der Waals surface area contributed by atoms with Crippen LogP contribution in [0.1, 0.15) is 44.2 Å². The Bertz CT molecular complexity index is 594. The molecule has 1 saturated carbocycles. The summed E-state index contributed by atoms with van der Waals surface area (Å²) in [7, 11) is -3.42. The maximum absolute atomic E-state index is 13.0. The zero-order chi connectivity index (χ0) is 15.6. The maximum Gasteiger partial charge on any atom is 0.243 e. The fourth-order valence-electron chi connectivity index (χ4n) is 2.38. The number of benzene rings is 1. The Morgan fingerprint density at radius 2 is 2.00 bits per heavy atom. The van der Waals surface area contributed by atoms with Crippen LogP contribution >= 0.6 is 11.6 Å². The third-order valence-electron chi connectivity index (χ3n) is 3.87. The molecule has 0 aliphatic heterocycles. The molecule has 1 aromatic rings. The van der Waals surface area contributed by atoms with Gasteiger partial charge in [0.05, 0.1) is 4.90 Å². The average Bonchev–Trinajstić information content (AvgIpc) is 3.23. The van der Waals surface area contributed by atoms with Gasteiger partial charge in [-0.25, -0.2) is 8.42 Å². The summed E-state index contributed by atoms with van der Waals surface area (Å²) in [6.45, 7) is 6.70. The van der Waals surface area contributed by atoms with Crippen LogP contribution < -0.4 is 0 Å². The third-order valence-corrected chi connectivity index (χ3v) is 6.28. The van der Waals surface area contributed by atoms with Crippen molar-refractivity contribution in [3.63, 3.8) is 0 Å². The van der Waals surface area contributed by atoms with E-state index in [0.717, 1.165) is 30.4 Å². The van der Waals surface area contributed by atoms with E-state index in [1.807, 2.05) is 19.1 Å². The number of aryl methyl sites for hydroxylation is 1. The molecule has 2 rings (SSSR count). The van der Waals surface area contributed by atoms with Crippen LogP contribution in [0.25, 0.3) is 0 Å². The highest BCUT2D eigenvalue weighted by Crippen LogP contribution is 2.33. The highest BCUT2D eigenvalue weighted by atomic mass is 35.5. The molecular weight excluding hydrogens is 306 g/mol. The third kappa shape index (κ3) is 3.99. The van der Waals surface area contributed by atoms with Gasteiger partial charge in [-0.3, -0.25) is 0 Å². The topological polar surface area (TPSA) is 37.4 Å². The molecule has 5 heteroatoms. The number of rotatable bonds is 7. The fourth-order valence-corrected chi connectivity index (χ4v) is 4.52. The minimum atomic E-state index is -3.42. The summed E-state index contributed by atoms with van der Waals surface area (Å²) < 4.78 is 27.7. The first-order chi connectivity index (χ1) is 9.86. The smallest absolute Gasteiger partial charge is 0.207 e. The fraction of sp³-hybridized carbons (Fsp3) is 0.625. The van der Waals surface area contributed by atoms with Crippen LogP contribution in [0.3, 0.4) is 0 Å². The molecule has 0 N–H and O–H groups in total. The molecule has 1 aromatic carbocycles. The number of nitrogens with zero attached hydrogens (tertiary/aromatic N) is 1. The van der Waals surface area contributed by atoms with Gasteiger partial charge >= 0.3 is 0 Å².